The quantitative estimate of drug-likeness (QED) is 0.617. The number of aliphatic hydroxyl groups excluding tert-OH is 1. The van der Waals surface area contributed by atoms with Crippen molar-refractivity contribution in [2.75, 3.05) is 11.4 Å². The van der Waals surface area contributed by atoms with Gasteiger partial charge in [0.05, 0.1) is 17.7 Å². The summed E-state index contributed by atoms with van der Waals surface area (Å²) in [7, 11) is 0. The summed E-state index contributed by atoms with van der Waals surface area (Å²) in [6.45, 7) is 2.38. The van der Waals surface area contributed by atoms with Gasteiger partial charge in [0.2, 0.25) is 0 Å². The number of anilines is 1. The number of alkyl halides is 3. The summed E-state index contributed by atoms with van der Waals surface area (Å²) in [6, 6.07) is 9.42. The number of hydrogen-bond donors (Lipinski definition) is 1. The van der Waals surface area contributed by atoms with Gasteiger partial charge in [-0.1, -0.05) is 37.3 Å². The topological polar surface area (TPSA) is 57.6 Å². The molecule has 0 radical (unpaired) electrons. The van der Waals surface area contributed by atoms with E-state index in [4.69, 9.17) is 0 Å². The standard InChI is InChI=1S/C26H26F3NO3/c1-2-19-7-4-12-30(19)20-10-8-17(22(14-20)26(27,28)29)13-23(32)21-11-9-16-5-3-6-18(15-31)24(16)25(21)33/h3,5-6,8,10-11,14,19,31H,2,4,7,9,12-13,15H2,1H3. The Bertz CT molecular complexity index is 1120. The zero-order valence-corrected chi connectivity index (χ0v) is 18.4. The molecule has 1 aliphatic carbocycles. The van der Waals surface area contributed by atoms with Gasteiger partial charge >= 0.3 is 6.18 Å². The Morgan fingerprint density at radius 3 is 2.67 bits per heavy atom. The largest absolute Gasteiger partial charge is 0.416 e. The predicted molar refractivity (Wildman–Crippen MR) is 119 cm³/mol. The third kappa shape index (κ3) is 4.47. The van der Waals surface area contributed by atoms with Gasteiger partial charge < -0.3 is 10.0 Å². The minimum Gasteiger partial charge on any atom is -0.392 e. The van der Waals surface area contributed by atoms with E-state index >= 15 is 0 Å². The van der Waals surface area contributed by atoms with Crippen LogP contribution in [-0.4, -0.2) is 29.3 Å². The summed E-state index contributed by atoms with van der Waals surface area (Å²) in [5.41, 5.74) is 0.793. The van der Waals surface area contributed by atoms with Gasteiger partial charge in [-0.25, -0.2) is 0 Å². The maximum atomic E-state index is 13.9. The second-order valence-corrected chi connectivity index (χ2v) is 8.60. The zero-order valence-electron chi connectivity index (χ0n) is 18.4. The number of nitrogens with zero attached hydrogens (tertiary/aromatic N) is 1. The SMILES string of the molecule is CCC1CCCN1c1ccc(CC(=O)C2=CCc3cccc(CO)c3C2=O)c(C(F)(F)F)c1. The second kappa shape index (κ2) is 9.14. The van der Waals surface area contributed by atoms with E-state index in [0.29, 0.717) is 29.8 Å². The summed E-state index contributed by atoms with van der Waals surface area (Å²) in [5, 5.41) is 9.56. The first kappa shape index (κ1) is 23.2. The van der Waals surface area contributed by atoms with E-state index in [-0.39, 0.29) is 29.3 Å². The number of fused-ring (bicyclic) bond motifs is 1. The lowest BCUT2D eigenvalue weighted by Gasteiger charge is -2.27. The number of ketones is 2. The molecule has 1 heterocycles. The number of allylic oxidation sites excluding steroid dienone is 2. The fraction of sp³-hybridized carbons (Fsp3) is 0.385. The van der Waals surface area contributed by atoms with Crippen LogP contribution in [0.2, 0.25) is 0 Å². The fourth-order valence-corrected chi connectivity index (χ4v) is 4.96. The van der Waals surface area contributed by atoms with Gasteiger partial charge in [-0.15, -0.1) is 0 Å². The summed E-state index contributed by atoms with van der Waals surface area (Å²) < 4.78 is 41.8. The van der Waals surface area contributed by atoms with Crippen molar-refractivity contribution in [1.82, 2.24) is 0 Å². The van der Waals surface area contributed by atoms with Crippen molar-refractivity contribution < 1.29 is 27.9 Å². The summed E-state index contributed by atoms with van der Waals surface area (Å²) in [5.74, 6) is -1.19. The molecule has 2 aliphatic rings. The highest BCUT2D eigenvalue weighted by molar-refractivity contribution is 6.28. The van der Waals surface area contributed by atoms with Crippen LogP contribution in [0.15, 0.2) is 48.0 Å². The highest BCUT2D eigenvalue weighted by Crippen LogP contribution is 2.37. The van der Waals surface area contributed by atoms with Gasteiger partial charge in [-0.05, 0) is 54.5 Å². The van der Waals surface area contributed by atoms with Crippen LogP contribution in [0.25, 0.3) is 0 Å². The highest BCUT2D eigenvalue weighted by atomic mass is 19.4. The van der Waals surface area contributed by atoms with Gasteiger partial charge in [0, 0.05) is 30.3 Å². The van der Waals surface area contributed by atoms with Crippen molar-refractivity contribution in [2.45, 2.75) is 57.9 Å². The van der Waals surface area contributed by atoms with E-state index < -0.39 is 29.7 Å². The normalized spacial score (nSPS) is 18.3. The van der Waals surface area contributed by atoms with Crippen molar-refractivity contribution in [3.63, 3.8) is 0 Å². The molecule has 2 aromatic carbocycles. The Labute approximate surface area is 190 Å². The number of halogens is 3. The molecule has 0 spiro atoms. The monoisotopic (exact) mass is 457 g/mol. The average Bonchev–Trinajstić information content (AvgIpc) is 3.27. The van der Waals surface area contributed by atoms with Gasteiger partial charge in [0.15, 0.2) is 11.6 Å². The van der Waals surface area contributed by atoms with Crippen LogP contribution < -0.4 is 4.90 Å². The smallest absolute Gasteiger partial charge is 0.392 e. The molecule has 0 amide bonds. The first-order chi connectivity index (χ1) is 15.7. The molecule has 2 aromatic rings. The number of hydrogen-bond acceptors (Lipinski definition) is 4. The number of aliphatic hydroxyl groups is 1. The number of rotatable bonds is 6. The van der Waals surface area contributed by atoms with Crippen molar-refractivity contribution in [2.24, 2.45) is 0 Å². The molecular weight excluding hydrogens is 431 g/mol. The number of carbonyl (C=O) groups excluding carboxylic acids is 2. The van der Waals surface area contributed by atoms with E-state index in [1.165, 1.54) is 12.1 Å². The number of benzene rings is 2. The predicted octanol–water partition coefficient (Wildman–Crippen LogP) is 5.05. The molecule has 1 fully saturated rings. The zero-order chi connectivity index (χ0) is 23.8. The van der Waals surface area contributed by atoms with Gasteiger partial charge in [-0.2, -0.15) is 13.2 Å². The number of Topliss-reactive ketones (excluding diaryl/α,β-unsaturated/α-hetero) is 2. The van der Waals surface area contributed by atoms with Crippen LogP contribution in [-0.2, 0) is 30.4 Å². The molecule has 174 valence electrons. The van der Waals surface area contributed by atoms with E-state index in [1.807, 2.05) is 11.8 Å². The lowest BCUT2D eigenvalue weighted by atomic mass is 9.84. The van der Waals surface area contributed by atoms with Gasteiger partial charge in [-0.3, -0.25) is 9.59 Å². The summed E-state index contributed by atoms with van der Waals surface area (Å²) >= 11 is 0. The fourth-order valence-electron chi connectivity index (χ4n) is 4.96. The van der Waals surface area contributed by atoms with E-state index in [9.17, 15) is 27.9 Å². The Balaban J connectivity index is 1.63. The molecule has 0 saturated carbocycles. The Morgan fingerprint density at radius 1 is 1.18 bits per heavy atom. The van der Waals surface area contributed by atoms with Crippen molar-refractivity contribution in [3.8, 4) is 0 Å². The van der Waals surface area contributed by atoms with Crippen LogP contribution in [0, 0.1) is 0 Å². The number of carbonyl (C=O) groups is 2. The van der Waals surface area contributed by atoms with Crippen LogP contribution in [0.1, 0.15) is 58.8 Å². The third-order valence-corrected chi connectivity index (χ3v) is 6.64. The molecule has 1 aliphatic heterocycles. The minimum absolute atomic E-state index is 0.119. The minimum atomic E-state index is -4.62. The molecule has 4 rings (SSSR count). The lowest BCUT2D eigenvalue weighted by Crippen LogP contribution is -2.29. The second-order valence-electron chi connectivity index (χ2n) is 8.60. The molecule has 1 atom stereocenters. The van der Waals surface area contributed by atoms with Crippen LogP contribution in [0.3, 0.4) is 0 Å². The first-order valence-electron chi connectivity index (χ1n) is 11.2. The summed E-state index contributed by atoms with van der Waals surface area (Å²) in [4.78, 5) is 28.0. The van der Waals surface area contributed by atoms with Gasteiger partial charge in [0.25, 0.3) is 0 Å². The molecule has 0 bridgehead atoms. The molecule has 1 saturated heterocycles. The molecule has 7 heteroatoms. The lowest BCUT2D eigenvalue weighted by molar-refractivity contribution is -0.138. The molecule has 4 nitrogen and oxygen atoms in total. The van der Waals surface area contributed by atoms with Gasteiger partial charge in [0.1, 0.15) is 0 Å². The van der Waals surface area contributed by atoms with Crippen LogP contribution in [0.5, 0.6) is 0 Å². The Morgan fingerprint density at radius 2 is 1.97 bits per heavy atom. The Hall–Kier alpha value is -2.93. The molecule has 1 unspecified atom stereocenters. The van der Waals surface area contributed by atoms with E-state index in [1.54, 1.807) is 24.3 Å². The molecule has 33 heavy (non-hydrogen) atoms. The average molecular weight is 457 g/mol. The van der Waals surface area contributed by atoms with Crippen LogP contribution in [0.4, 0.5) is 18.9 Å². The first-order valence-corrected chi connectivity index (χ1v) is 11.2. The highest BCUT2D eigenvalue weighted by Gasteiger charge is 2.36. The molecule has 0 aromatic heterocycles. The van der Waals surface area contributed by atoms with Crippen molar-refractivity contribution in [1.29, 1.82) is 0 Å². The Kier molecular flexibility index (Phi) is 6.43. The summed E-state index contributed by atoms with van der Waals surface area (Å²) in [6.07, 6.45) is -0.593. The maximum Gasteiger partial charge on any atom is 0.416 e. The van der Waals surface area contributed by atoms with E-state index in [0.717, 1.165) is 25.3 Å². The molecular formula is C26H26F3NO3. The van der Waals surface area contributed by atoms with Crippen molar-refractivity contribution in [3.05, 3.63) is 75.9 Å². The van der Waals surface area contributed by atoms with Crippen LogP contribution >= 0.6 is 0 Å². The molecule has 1 N–H and O–H groups in total. The van der Waals surface area contributed by atoms with E-state index in [2.05, 4.69) is 0 Å². The van der Waals surface area contributed by atoms with Crippen molar-refractivity contribution >= 4 is 17.3 Å². The third-order valence-electron chi connectivity index (χ3n) is 6.64. The maximum absolute atomic E-state index is 13.9.